The van der Waals surface area contributed by atoms with Gasteiger partial charge in [-0.2, -0.15) is 52.7 Å². The van der Waals surface area contributed by atoms with Crippen LogP contribution in [0.2, 0.25) is 0 Å². The quantitative estimate of drug-likeness (QED) is 0.522. The third-order valence-corrected chi connectivity index (χ3v) is 3.53. The molecule has 26 heavy (non-hydrogen) atoms. The standard InChI is InChI=1S/C12H13F13O/c13-8(12(23,24)25,5-9(14,15)16)4-7(11(20,21)22)3-6(1-2-26)10(17,18)19/h6-7,26H,1-5H2. The summed E-state index contributed by atoms with van der Waals surface area (Å²) >= 11 is 0. The van der Waals surface area contributed by atoms with E-state index in [1.165, 1.54) is 0 Å². The van der Waals surface area contributed by atoms with E-state index in [0.717, 1.165) is 0 Å². The zero-order chi connectivity index (χ0) is 21.2. The Bertz CT molecular complexity index is 432. The summed E-state index contributed by atoms with van der Waals surface area (Å²) in [5.41, 5.74) is -5.42. The summed E-state index contributed by atoms with van der Waals surface area (Å²) in [6, 6.07) is 0. The summed E-state index contributed by atoms with van der Waals surface area (Å²) < 4.78 is 164. The van der Waals surface area contributed by atoms with Crippen LogP contribution in [0.5, 0.6) is 0 Å². The van der Waals surface area contributed by atoms with Crippen LogP contribution in [0.25, 0.3) is 0 Å². The lowest BCUT2D eigenvalue weighted by atomic mass is 9.82. The molecule has 0 spiro atoms. The Morgan fingerprint density at radius 2 is 1.08 bits per heavy atom. The van der Waals surface area contributed by atoms with Gasteiger partial charge in [0.25, 0.3) is 0 Å². The molecule has 0 aromatic carbocycles. The lowest BCUT2D eigenvalue weighted by Crippen LogP contribution is -2.48. The Hall–Kier alpha value is -0.950. The van der Waals surface area contributed by atoms with Crippen LogP contribution in [0, 0.1) is 11.8 Å². The number of rotatable bonds is 7. The zero-order valence-electron chi connectivity index (χ0n) is 12.6. The van der Waals surface area contributed by atoms with Gasteiger partial charge in [0.1, 0.15) is 0 Å². The molecule has 0 saturated carbocycles. The van der Waals surface area contributed by atoms with Gasteiger partial charge >= 0.3 is 24.7 Å². The maximum atomic E-state index is 13.8. The van der Waals surface area contributed by atoms with E-state index >= 15 is 0 Å². The third-order valence-electron chi connectivity index (χ3n) is 3.53. The minimum absolute atomic E-state index is 1.28. The minimum atomic E-state index is -6.39. The fraction of sp³-hybridized carbons (Fsp3) is 1.00. The second-order valence-electron chi connectivity index (χ2n) is 5.68. The number of alkyl halides is 13. The predicted molar refractivity (Wildman–Crippen MR) is 60.6 cm³/mol. The lowest BCUT2D eigenvalue weighted by molar-refractivity contribution is -0.287. The van der Waals surface area contributed by atoms with Crippen molar-refractivity contribution < 1.29 is 62.2 Å². The minimum Gasteiger partial charge on any atom is -0.396 e. The number of halogens is 13. The molecule has 3 atom stereocenters. The highest BCUT2D eigenvalue weighted by Gasteiger charge is 2.63. The molecule has 0 radical (unpaired) electrons. The van der Waals surface area contributed by atoms with Gasteiger partial charge in [0.05, 0.1) is 18.3 Å². The van der Waals surface area contributed by atoms with Crippen molar-refractivity contribution in [3.05, 3.63) is 0 Å². The van der Waals surface area contributed by atoms with Gasteiger partial charge in [-0.3, -0.25) is 0 Å². The Labute approximate surface area is 138 Å². The SMILES string of the molecule is OCCC(CC(CC(F)(CC(F)(F)F)C(F)(F)F)C(F)(F)F)C(F)(F)F. The van der Waals surface area contributed by atoms with Gasteiger partial charge in [0, 0.05) is 13.0 Å². The van der Waals surface area contributed by atoms with Crippen molar-refractivity contribution in [3.63, 3.8) is 0 Å². The summed E-state index contributed by atoms with van der Waals surface area (Å²) in [6.07, 6.45) is -33.1. The molecule has 3 unspecified atom stereocenters. The normalized spacial score (nSPS) is 19.2. The number of aliphatic hydroxyl groups is 1. The van der Waals surface area contributed by atoms with Crippen LogP contribution in [0.3, 0.4) is 0 Å². The first kappa shape index (κ1) is 25.1. The Morgan fingerprint density at radius 3 is 1.35 bits per heavy atom. The lowest BCUT2D eigenvalue weighted by Gasteiger charge is -2.34. The highest BCUT2D eigenvalue weighted by Crippen LogP contribution is 2.50. The van der Waals surface area contributed by atoms with Gasteiger partial charge in [-0.05, 0) is 12.8 Å². The molecule has 0 aromatic heterocycles. The summed E-state index contributed by atoms with van der Waals surface area (Å²) in [5, 5.41) is 8.45. The maximum Gasteiger partial charge on any atom is 0.422 e. The monoisotopic (exact) mass is 420 g/mol. The molecule has 0 rings (SSSR count). The molecule has 0 aliphatic heterocycles. The summed E-state index contributed by atoms with van der Waals surface area (Å²) in [7, 11) is 0. The van der Waals surface area contributed by atoms with Crippen LogP contribution >= 0.6 is 0 Å². The molecule has 0 bridgehead atoms. The van der Waals surface area contributed by atoms with Crippen molar-refractivity contribution in [2.45, 2.75) is 56.1 Å². The molecule has 158 valence electrons. The molecule has 0 aliphatic rings. The van der Waals surface area contributed by atoms with Crippen molar-refractivity contribution >= 4 is 0 Å². The van der Waals surface area contributed by atoms with Crippen molar-refractivity contribution in [2.24, 2.45) is 11.8 Å². The zero-order valence-corrected chi connectivity index (χ0v) is 12.6. The summed E-state index contributed by atoms with van der Waals surface area (Å²) in [6.45, 7) is -1.28. The van der Waals surface area contributed by atoms with E-state index in [9.17, 15) is 57.1 Å². The van der Waals surface area contributed by atoms with Crippen molar-refractivity contribution in [1.29, 1.82) is 0 Å². The Kier molecular flexibility index (Phi) is 7.68. The molecule has 14 heteroatoms. The van der Waals surface area contributed by atoms with Crippen LogP contribution in [-0.4, -0.2) is 42.1 Å². The van der Waals surface area contributed by atoms with Gasteiger partial charge in [0.2, 0.25) is 5.67 Å². The largest absolute Gasteiger partial charge is 0.422 e. The molecule has 0 heterocycles. The van der Waals surface area contributed by atoms with Crippen LogP contribution in [0.4, 0.5) is 57.1 Å². The Balaban J connectivity index is 5.79. The van der Waals surface area contributed by atoms with E-state index in [1.54, 1.807) is 0 Å². The van der Waals surface area contributed by atoms with Gasteiger partial charge in [-0.15, -0.1) is 0 Å². The number of hydrogen-bond acceptors (Lipinski definition) is 1. The van der Waals surface area contributed by atoms with E-state index in [0.29, 0.717) is 0 Å². The molecule has 0 aliphatic carbocycles. The van der Waals surface area contributed by atoms with Crippen LogP contribution in [0.1, 0.15) is 25.7 Å². The van der Waals surface area contributed by atoms with Crippen LogP contribution in [0.15, 0.2) is 0 Å². The highest BCUT2D eigenvalue weighted by molar-refractivity contribution is 4.94. The molecule has 0 aromatic rings. The maximum absolute atomic E-state index is 13.8. The fourth-order valence-electron chi connectivity index (χ4n) is 2.24. The van der Waals surface area contributed by atoms with Gasteiger partial charge in [0.15, 0.2) is 0 Å². The van der Waals surface area contributed by atoms with Crippen molar-refractivity contribution in [3.8, 4) is 0 Å². The van der Waals surface area contributed by atoms with Gasteiger partial charge in [-0.25, -0.2) is 4.39 Å². The van der Waals surface area contributed by atoms with Crippen molar-refractivity contribution in [2.75, 3.05) is 6.61 Å². The highest BCUT2D eigenvalue weighted by atomic mass is 19.4. The average Bonchev–Trinajstić information content (AvgIpc) is 2.31. The van der Waals surface area contributed by atoms with Gasteiger partial charge < -0.3 is 5.11 Å². The van der Waals surface area contributed by atoms with E-state index in [4.69, 9.17) is 5.11 Å². The first-order valence-corrected chi connectivity index (χ1v) is 6.79. The average molecular weight is 420 g/mol. The Morgan fingerprint density at radius 1 is 0.654 bits per heavy atom. The summed E-state index contributed by atoms with van der Waals surface area (Å²) in [5.74, 6) is -6.63. The molecular formula is C12H13F13O. The smallest absolute Gasteiger partial charge is 0.396 e. The topological polar surface area (TPSA) is 20.2 Å². The first-order valence-electron chi connectivity index (χ1n) is 6.79. The third kappa shape index (κ3) is 7.74. The molecule has 1 nitrogen and oxygen atoms in total. The number of hydrogen-bond donors (Lipinski definition) is 1. The molecule has 0 saturated heterocycles. The predicted octanol–water partition coefficient (Wildman–Crippen LogP) is 5.73. The molecule has 0 fully saturated rings. The van der Waals surface area contributed by atoms with E-state index in [-0.39, 0.29) is 0 Å². The molecular weight excluding hydrogens is 407 g/mol. The van der Waals surface area contributed by atoms with Crippen LogP contribution < -0.4 is 0 Å². The first-order chi connectivity index (χ1) is 11.2. The van der Waals surface area contributed by atoms with E-state index in [2.05, 4.69) is 0 Å². The summed E-state index contributed by atoms with van der Waals surface area (Å²) in [4.78, 5) is 0. The fourth-order valence-corrected chi connectivity index (χ4v) is 2.24. The van der Waals surface area contributed by atoms with E-state index in [1.807, 2.05) is 0 Å². The number of aliphatic hydroxyl groups excluding tert-OH is 1. The van der Waals surface area contributed by atoms with E-state index < -0.39 is 74.5 Å². The molecule has 0 amide bonds. The van der Waals surface area contributed by atoms with Crippen molar-refractivity contribution in [1.82, 2.24) is 0 Å². The second kappa shape index (κ2) is 7.97. The second-order valence-corrected chi connectivity index (χ2v) is 5.68. The van der Waals surface area contributed by atoms with Crippen LogP contribution in [-0.2, 0) is 0 Å². The molecule has 1 N–H and O–H groups in total. The van der Waals surface area contributed by atoms with Gasteiger partial charge in [-0.1, -0.05) is 0 Å².